The van der Waals surface area contributed by atoms with Gasteiger partial charge in [-0.05, 0) is 31.2 Å². The summed E-state index contributed by atoms with van der Waals surface area (Å²) in [6.07, 6.45) is 6.92. The molecule has 7 heteroatoms. The van der Waals surface area contributed by atoms with Crippen LogP contribution in [0, 0.1) is 11.3 Å². The van der Waals surface area contributed by atoms with Gasteiger partial charge in [0.05, 0.1) is 11.3 Å². The highest BCUT2D eigenvalue weighted by Crippen LogP contribution is 2.27. The second kappa shape index (κ2) is 6.36. The third kappa shape index (κ3) is 2.91. The molecular weight excluding hydrogens is 358 g/mol. The molecule has 1 aromatic rings. The molecule has 0 spiro atoms. The van der Waals surface area contributed by atoms with Gasteiger partial charge >= 0.3 is 0 Å². The third-order valence-electron chi connectivity index (χ3n) is 3.60. The van der Waals surface area contributed by atoms with Crippen molar-refractivity contribution in [2.45, 2.75) is 6.92 Å². The number of carbonyl (C=O) groups is 1. The first-order valence-corrected chi connectivity index (χ1v) is 7.92. The van der Waals surface area contributed by atoms with E-state index in [4.69, 9.17) is 5.26 Å². The van der Waals surface area contributed by atoms with E-state index in [0.29, 0.717) is 30.0 Å². The maximum Gasteiger partial charge on any atom is 0.259 e. The number of rotatable bonds is 3. The summed E-state index contributed by atoms with van der Waals surface area (Å²) in [7, 11) is 0. The van der Waals surface area contributed by atoms with Crippen LogP contribution in [0.1, 0.15) is 12.5 Å². The highest BCUT2D eigenvalue weighted by Gasteiger charge is 2.25. The van der Waals surface area contributed by atoms with Crippen LogP contribution in [0.4, 0.5) is 5.82 Å². The lowest BCUT2D eigenvalue weighted by atomic mass is 10.1. The summed E-state index contributed by atoms with van der Waals surface area (Å²) in [6, 6.07) is 5.37. The molecule has 1 N–H and O–H groups in total. The summed E-state index contributed by atoms with van der Waals surface area (Å²) in [5, 5.41) is 10.7. The number of nitriles is 1. The average molecular weight is 372 g/mol. The van der Waals surface area contributed by atoms with Gasteiger partial charge in [0.25, 0.3) is 5.91 Å². The van der Waals surface area contributed by atoms with Crippen LogP contribution in [0.25, 0.3) is 0 Å². The lowest BCUT2D eigenvalue weighted by molar-refractivity contribution is -0.114. The summed E-state index contributed by atoms with van der Waals surface area (Å²) in [5.41, 5.74) is 5.15. The quantitative estimate of drug-likeness (QED) is 0.881. The number of hydrogen-bond donors (Lipinski definition) is 1. The molecule has 1 amide bonds. The van der Waals surface area contributed by atoms with Gasteiger partial charge < -0.3 is 0 Å². The van der Waals surface area contributed by atoms with Crippen LogP contribution in [0.5, 0.6) is 0 Å². The summed E-state index contributed by atoms with van der Waals surface area (Å²) >= 11 is 3.50. The fourth-order valence-electron chi connectivity index (χ4n) is 2.40. The Balaban J connectivity index is 1.88. The minimum atomic E-state index is -0.125. The van der Waals surface area contributed by atoms with Gasteiger partial charge in [-0.1, -0.05) is 15.9 Å². The van der Waals surface area contributed by atoms with E-state index in [0.717, 1.165) is 10.2 Å². The van der Waals surface area contributed by atoms with Crippen molar-refractivity contribution in [2.24, 2.45) is 0 Å². The van der Waals surface area contributed by atoms with Crippen LogP contribution in [0.15, 0.2) is 52.4 Å². The summed E-state index contributed by atoms with van der Waals surface area (Å²) < 4.78 is 1.01. The van der Waals surface area contributed by atoms with E-state index in [1.54, 1.807) is 23.1 Å². The van der Waals surface area contributed by atoms with E-state index in [-0.39, 0.29) is 5.91 Å². The number of likely N-dealkylation sites (N-methyl/N-ethyl adjacent to an activating group) is 1. The third-order valence-corrected chi connectivity index (χ3v) is 4.29. The molecule has 0 bridgehead atoms. The van der Waals surface area contributed by atoms with Crippen molar-refractivity contribution in [1.29, 1.82) is 5.26 Å². The van der Waals surface area contributed by atoms with Crippen molar-refractivity contribution < 1.29 is 4.79 Å². The molecule has 2 aliphatic rings. The second-order valence-electron chi connectivity index (χ2n) is 4.98. The molecular formula is C16H14BrN5O. The zero-order valence-corrected chi connectivity index (χ0v) is 14.0. The standard InChI is InChI=1S/C16H14BrN5O/c1-2-21(15-4-3-11(8-18)9-19-15)16(23)12-5-6-22-14(7-12)13(17)10-20-22/h3-7,9,20H,2,10H2,1H3. The molecule has 0 radical (unpaired) electrons. The first kappa shape index (κ1) is 15.5. The Hall–Kier alpha value is -2.43. The molecule has 0 atom stereocenters. The molecule has 2 aliphatic heterocycles. The van der Waals surface area contributed by atoms with E-state index in [9.17, 15) is 4.79 Å². The number of fused-ring (bicyclic) bond motifs is 1. The van der Waals surface area contributed by atoms with Crippen molar-refractivity contribution in [2.75, 3.05) is 18.0 Å². The Morgan fingerprint density at radius 3 is 3.04 bits per heavy atom. The van der Waals surface area contributed by atoms with E-state index in [1.807, 2.05) is 30.3 Å². The fraction of sp³-hybridized carbons (Fsp3) is 0.188. The molecule has 0 saturated carbocycles. The van der Waals surface area contributed by atoms with E-state index >= 15 is 0 Å². The summed E-state index contributed by atoms with van der Waals surface area (Å²) in [6.45, 7) is 3.08. The minimum Gasteiger partial charge on any atom is -0.293 e. The Bertz CT molecular complexity index is 773. The van der Waals surface area contributed by atoms with Gasteiger partial charge in [-0.2, -0.15) is 5.26 Å². The molecule has 3 rings (SSSR count). The zero-order chi connectivity index (χ0) is 16.4. The first-order chi connectivity index (χ1) is 11.1. The maximum atomic E-state index is 12.8. The number of hydrazine groups is 1. The predicted octanol–water partition coefficient (Wildman–Crippen LogP) is 2.19. The van der Waals surface area contributed by atoms with Crippen molar-refractivity contribution in [3.8, 4) is 6.07 Å². The molecule has 1 aromatic heterocycles. The number of nitrogens with zero attached hydrogens (tertiary/aromatic N) is 4. The lowest BCUT2D eigenvalue weighted by Gasteiger charge is -2.24. The molecule has 0 unspecified atom stereocenters. The lowest BCUT2D eigenvalue weighted by Crippen LogP contribution is -2.34. The van der Waals surface area contributed by atoms with Gasteiger partial charge in [0, 0.05) is 35.5 Å². The van der Waals surface area contributed by atoms with Gasteiger partial charge in [-0.25, -0.2) is 10.4 Å². The van der Waals surface area contributed by atoms with Crippen molar-refractivity contribution in [1.82, 2.24) is 15.4 Å². The monoisotopic (exact) mass is 371 g/mol. The van der Waals surface area contributed by atoms with Gasteiger partial charge in [-0.15, -0.1) is 0 Å². The Kier molecular flexibility index (Phi) is 4.28. The van der Waals surface area contributed by atoms with Crippen molar-refractivity contribution in [3.05, 3.63) is 58.0 Å². The molecule has 6 nitrogen and oxygen atoms in total. The number of anilines is 1. The number of amides is 1. The highest BCUT2D eigenvalue weighted by molar-refractivity contribution is 9.11. The van der Waals surface area contributed by atoms with Gasteiger partial charge in [0.1, 0.15) is 11.9 Å². The summed E-state index contributed by atoms with van der Waals surface area (Å²) in [4.78, 5) is 18.6. The highest BCUT2D eigenvalue weighted by atomic mass is 79.9. The number of nitrogens with one attached hydrogen (secondary N) is 1. The Morgan fingerprint density at radius 1 is 1.57 bits per heavy atom. The molecule has 0 aliphatic carbocycles. The van der Waals surface area contributed by atoms with Crippen LogP contribution in [0.2, 0.25) is 0 Å². The van der Waals surface area contributed by atoms with Crippen LogP contribution >= 0.6 is 15.9 Å². The number of allylic oxidation sites excluding steroid dienone is 1. The second-order valence-corrected chi connectivity index (χ2v) is 5.93. The van der Waals surface area contributed by atoms with E-state index < -0.39 is 0 Å². The van der Waals surface area contributed by atoms with Crippen LogP contribution in [0.3, 0.4) is 0 Å². The summed E-state index contributed by atoms with van der Waals surface area (Å²) in [5.74, 6) is 0.408. The minimum absolute atomic E-state index is 0.125. The number of aromatic nitrogens is 1. The SMILES string of the molecule is CCN(C(=O)C1=CC2=C(Br)CNN2C=C1)c1ccc(C#N)cn1. The van der Waals surface area contributed by atoms with E-state index in [2.05, 4.69) is 26.3 Å². The smallest absolute Gasteiger partial charge is 0.259 e. The zero-order valence-electron chi connectivity index (χ0n) is 12.5. The molecule has 0 fully saturated rings. The van der Waals surface area contributed by atoms with Crippen LogP contribution in [-0.4, -0.2) is 29.0 Å². The van der Waals surface area contributed by atoms with E-state index in [1.165, 1.54) is 6.20 Å². The predicted molar refractivity (Wildman–Crippen MR) is 90.0 cm³/mol. The van der Waals surface area contributed by atoms with Gasteiger partial charge in [0.2, 0.25) is 0 Å². The van der Waals surface area contributed by atoms with Gasteiger partial charge in [0.15, 0.2) is 0 Å². The topological polar surface area (TPSA) is 72.3 Å². The number of pyridine rings is 1. The van der Waals surface area contributed by atoms with Crippen LogP contribution in [-0.2, 0) is 4.79 Å². The fourth-order valence-corrected chi connectivity index (χ4v) is 2.83. The van der Waals surface area contributed by atoms with Crippen molar-refractivity contribution in [3.63, 3.8) is 0 Å². The number of carbonyl (C=O) groups excluding carboxylic acids is 1. The van der Waals surface area contributed by atoms with Crippen molar-refractivity contribution >= 4 is 27.7 Å². The Morgan fingerprint density at radius 2 is 2.39 bits per heavy atom. The normalized spacial score (nSPS) is 16.0. The largest absolute Gasteiger partial charge is 0.293 e. The molecule has 23 heavy (non-hydrogen) atoms. The first-order valence-electron chi connectivity index (χ1n) is 7.13. The molecule has 0 aromatic carbocycles. The van der Waals surface area contributed by atoms with Crippen LogP contribution < -0.4 is 10.3 Å². The maximum absolute atomic E-state index is 12.8. The Labute approximate surface area is 142 Å². The number of halogens is 1. The molecule has 3 heterocycles. The molecule has 0 saturated heterocycles. The molecule has 116 valence electrons. The van der Waals surface area contributed by atoms with Gasteiger partial charge in [-0.3, -0.25) is 14.7 Å². The number of hydrogen-bond acceptors (Lipinski definition) is 5. The average Bonchev–Trinajstić information content (AvgIpc) is 2.96.